The summed E-state index contributed by atoms with van der Waals surface area (Å²) in [5.74, 6) is 0.837. The van der Waals surface area contributed by atoms with Gasteiger partial charge in [0.1, 0.15) is 5.69 Å². The van der Waals surface area contributed by atoms with Crippen LogP contribution in [-0.4, -0.2) is 31.1 Å². The molecule has 0 radical (unpaired) electrons. The number of hydrogen-bond acceptors (Lipinski definition) is 4. The Morgan fingerprint density at radius 1 is 1.33 bits per heavy atom. The normalized spacial score (nSPS) is 15.0. The molecule has 3 aromatic rings. The Bertz CT molecular complexity index is 801. The second-order valence-corrected chi connectivity index (χ2v) is 5.71. The molecule has 0 aliphatic heterocycles. The van der Waals surface area contributed by atoms with E-state index in [0.29, 0.717) is 19.1 Å². The van der Waals surface area contributed by atoms with Gasteiger partial charge in [0.15, 0.2) is 5.82 Å². The average Bonchev–Trinajstić information content (AvgIpc) is 3.07. The van der Waals surface area contributed by atoms with Gasteiger partial charge in [-0.3, -0.25) is 4.68 Å². The number of hydrogen-bond donors (Lipinski definition) is 1. The van der Waals surface area contributed by atoms with Gasteiger partial charge < -0.3 is 10.3 Å². The van der Waals surface area contributed by atoms with Crippen molar-refractivity contribution < 1.29 is 0 Å². The molecule has 7 heteroatoms. The second-order valence-electron chi connectivity index (χ2n) is 5.30. The van der Waals surface area contributed by atoms with Crippen molar-refractivity contribution >= 4 is 22.6 Å². The quantitative estimate of drug-likeness (QED) is 0.802. The van der Waals surface area contributed by atoms with Crippen LogP contribution in [0.2, 0.25) is 5.02 Å². The molecule has 0 bridgehead atoms. The van der Waals surface area contributed by atoms with Gasteiger partial charge in [0.2, 0.25) is 0 Å². The van der Waals surface area contributed by atoms with Gasteiger partial charge in [0.25, 0.3) is 0 Å². The number of imidazole rings is 1. The first-order valence-corrected chi connectivity index (χ1v) is 7.43. The summed E-state index contributed by atoms with van der Waals surface area (Å²) in [5.41, 5.74) is 8.21. The molecule has 2 N–H and O–H groups in total. The van der Waals surface area contributed by atoms with Crippen molar-refractivity contribution in [3.8, 4) is 11.5 Å². The number of fused-ring (bicyclic) bond motifs is 1. The molecule has 0 unspecified atom stereocenters. The van der Waals surface area contributed by atoms with E-state index in [0.717, 1.165) is 40.4 Å². The Hall–Kier alpha value is -1.92. The minimum Gasteiger partial charge on any atom is -0.329 e. The standard InChI is InChI=1S/C14H15ClN6/c15-10-2-1-3-11-13(10)21(9-4-5-9)14(17-11)12-8-20(7-6-16)19-18-12/h1-3,8-9H,4-7,16H2. The maximum absolute atomic E-state index is 6.37. The minimum atomic E-state index is 0.463. The van der Waals surface area contributed by atoms with E-state index in [1.807, 2.05) is 24.4 Å². The van der Waals surface area contributed by atoms with Crippen molar-refractivity contribution in [2.24, 2.45) is 5.73 Å². The lowest BCUT2D eigenvalue weighted by atomic mass is 10.3. The van der Waals surface area contributed by atoms with Crippen LogP contribution < -0.4 is 5.73 Å². The van der Waals surface area contributed by atoms with Crippen molar-refractivity contribution in [1.29, 1.82) is 0 Å². The van der Waals surface area contributed by atoms with Gasteiger partial charge in [-0.15, -0.1) is 5.10 Å². The molecule has 21 heavy (non-hydrogen) atoms. The number of nitrogens with two attached hydrogens (primary N) is 1. The molecule has 1 aromatic carbocycles. The molecule has 2 aromatic heterocycles. The maximum atomic E-state index is 6.37. The molecule has 6 nitrogen and oxygen atoms in total. The van der Waals surface area contributed by atoms with Crippen LogP contribution in [0.5, 0.6) is 0 Å². The number of rotatable bonds is 4. The van der Waals surface area contributed by atoms with Crippen LogP contribution in [-0.2, 0) is 6.54 Å². The molecule has 0 saturated heterocycles. The van der Waals surface area contributed by atoms with Crippen molar-refractivity contribution in [3.63, 3.8) is 0 Å². The predicted molar refractivity (Wildman–Crippen MR) is 81.1 cm³/mol. The number of aromatic nitrogens is 5. The highest BCUT2D eigenvalue weighted by Gasteiger charge is 2.30. The summed E-state index contributed by atoms with van der Waals surface area (Å²) in [6.45, 7) is 1.19. The lowest BCUT2D eigenvalue weighted by molar-refractivity contribution is 0.598. The second kappa shape index (κ2) is 4.82. The zero-order valence-corrected chi connectivity index (χ0v) is 12.2. The van der Waals surface area contributed by atoms with E-state index in [2.05, 4.69) is 14.9 Å². The third-order valence-corrected chi connectivity index (χ3v) is 4.00. The fraction of sp³-hybridized carbons (Fsp3) is 0.357. The van der Waals surface area contributed by atoms with Crippen molar-refractivity contribution in [2.75, 3.05) is 6.54 Å². The highest BCUT2D eigenvalue weighted by atomic mass is 35.5. The lowest BCUT2D eigenvalue weighted by Crippen LogP contribution is -2.10. The van der Waals surface area contributed by atoms with Crippen LogP contribution in [0.4, 0.5) is 0 Å². The predicted octanol–water partition coefficient (Wildman–Crippen LogP) is 2.24. The first kappa shape index (κ1) is 12.8. The van der Waals surface area contributed by atoms with Gasteiger partial charge in [-0.1, -0.05) is 22.9 Å². The molecule has 0 amide bonds. The average molecular weight is 303 g/mol. The highest BCUT2D eigenvalue weighted by molar-refractivity contribution is 6.35. The van der Waals surface area contributed by atoms with Gasteiger partial charge in [-0.25, -0.2) is 4.98 Å². The minimum absolute atomic E-state index is 0.463. The third-order valence-electron chi connectivity index (χ3n) is 3.70. The molecule has 0 atom stereocenters. The van der Waals surface area contributed by atoms with Gasteiger partial charge in [-0.05, 0) is 25.0 Å². The fourth-order valence-corrected chi connectivity index (χ4v) is 2.88. The number of nitrogens with zero attached hydrogens (tertiary/aromatic N) is 5. The summed E-state index contributed by atoms with van der Waals surface area (Å²) in [4.78, 5) is 4.71. The monoisotopic (exact) mass is 302 g/mol. The zero-order valence-electron chi connectivity index (χ0n) is 11.4. The Morgan fingerprint density at radius 2 is 2.19 bits per heavy atom. The van der Waals surface area contributed by atoms with E-state index in [9.17, 15) is 0 Å². The van der Waals surface area contributed by atoms with E-state index in [-0.39, 0.29) is 0 Å². The largest absolute Gasteiger partial charge is 0.329 e. The summed E-state index contributed by atoms with van der Waals surface area (Å²) in [5, 5.41) is 9.06. The molecule has 108 valence electrons. The smallest absolute Gasteiger partial charge is 0.163 e. The summed E-state index contributed by atoms with van der Waals surface area (Å²) in [6.07, 6.45) is 4.20. The van der Waals surface area contributed by atoms with E-state index in [4.69, 9.17) is 22.3 Å². The fourth-order valence-electron chi connectivity index (χ4n) is 2.62. The first-order chi connectivity index (χ1) is 10.3. The number of halogens is 1. The van der Waals surface area contributed by atoms with E-state index < -0.39 is 0 Å². The van der Waals surface area contributed by atoms with Crippen LogP contribution in [0.1, 0.15) is 18.9 Å². The Morgan fingerprint density at radius 3 is 2.95 bits per heavy atom. The van der Waals surface area contributed by atoms with Gasteiger partial charge in [0, 0.05) is 12.6 Å². The van der Waals surface area contributed by atoms with Crippen LogP contribution >= 0.6 is 11.6 Å². The van der Waals surface area contributed by atoms with E-state index >= 15 is 0 Å². The molecule has 1 fully saturated rings. The summed E-state index contributed by atoms with van der Waals surface area (Å²) >= 11 is 6.37. The van der Waals surface area contributed by atoms with E-state index in [1.54, 1.807) is 4.68 Å². The van der Waals surface area contributed by atoms with Gasteiger partial charge >= 0.3 is 0 Å². The van der Waals surface area contributed by atoms with Crippen molar-refractivity contribution in [2.45, 2.75) is 25.4 Å². The summed E-state index contributed by atoms with van der Waals surface area (Å²) in [7, 11) is 0. The summed E-state index contributed by atoms with van der Waals surface area (Å²) < 4.78 is 3.95. The number of para-hydroxylation sites is 1. The number of benzene rings is 1. The molecule has 1 aliphatic rings. The van der Waals surface area contributed by atoms with Crippen LogP contribution in [0.15, 0.2) is 24.4 Å². The third kappa shape index (κ3) is 2.11. The van der Waals surface area contributed by atoms with Crippen LogP contribution in [0.25, 0.3) is 22.6 Å². The van der Waals surface area contributed by atoms with Gasteiger partial charge in [-0.2, -0.15) is 0 Å². The molecular weight excluding hydrogens is 288 g/mol. The van der Waals surface area contributed by atoms with Crippen LogP contribution in [0, 0.1) is 0 Å². The SMILES string of the molecule is NCCn1cc(-c2nc3cccc(Cl)c3n2C2CC2)nn1. The van der Waals surface area contributed by atoms with Crippen molar-refractivity contribution in [1.82, 2.24) is 24.5 Å². The molecule has 1 saturated carbocycles. The topological polar surface area (TPSA) is 74.6 Å². The van der Waals surface area contributed by atoms with Crippen molar-refractivity contribution in [3.05, 3.63) is 29.4 Å². The molecule has 2 heterocycles. The molecule has 1 aliphatic carbocycles. The first-order valence-electron chi connectivity index (χ1n) is 7.05. The summed E-state index contributed by atoms with van der Waals surface area (Å²) in [6, 6.07) is 6.27. The van der Waals surface area contributed by atoms with Crippen LogP contribution in [0.3, 0.4) is 0 Å². The Labute approximate surface area is 126 Å². The zero-order chi connectivity index (χ0) is 14.4. The van der Waals surface area contributed by atoms with E-state index in [1.165, 1.54) is 0 Å². The Kier molecular flexibility index (Phi) is 2.94. The molecule has 0 spiro atoms. The molecular formula is C14H15ClN6. The van der Waals surface area contributed by atoms with Gasteiger partial charge in [0.05, 0.1) is 28.8 Å². The lowest BCUT2D eigenvalue weighted by Gasteiger charge is -2.06. The molecule has 4 rings (SSSR count). The highest BCUT2D eigenvalue weighted by Crippen LogP contribution is 2.42. The maximum Gasteiger partial charge on any atom is 0.163 e. The Balaban J connectivity index is 1.91.